The molecule has 15 nitrogen and oxygen atoms in total. The molecule has 3 rings (SSSR count). The van der Waals surface area contributed by atoms with E-state index in [9.17, 15) is 48.5 Å². The minimum absolute atomic E-state index is 0.112. The average molecular weight is 666 g/mol. The smallest absolute Gasteiger partial charge is 0.354 e. The van der Waals surface area contributed by atoms with Gasteiger partial charge < -0.3 is 29.8 Å². The van der Waals surface area contributed by atoms with Crippen molar-refractivity contribution in [3.63, 3.8) is 0 Å². The van der Waals surface area contributed by atoms with Crippen LogP contribution in [0.15, 0.2) is 65.7 Å². The second kappa shape index (κ2) is 15.5. The highest BCUT2D eigenvalue weighted by atomic mass is 32.1. The number of nitrogens with zero attached hydrogens (tertiary/aromatic N) is 5. The van der Waals surface area contributed by atoms with Gasteiger partial charge in [-0.1, -0.05) is 24.3 Å². The number of thiocarbonyl (C=S) groups is 1. The van der Waals surface area contributed by atoms with Crippen molar-refractivity contribution in [2.24, 2.45) is 4.99 Å². The van der Waals surface area contributed by atoms with Gasteiger partial charge in [-0.05, 0) is 60.6 Å². The van der Waals surface area contributed by atoms with Gasteiger partial charge in [0.25, 0.3) is 0 Å². The van der Waals surface area contributed by atoms with E-state index in [1.165, 1.54) is 46.2 Å². The topological polar surface area (TPSA) is 234 Å². The Bertz CT molecular complexity index is 1630. The zero-order chi connectivity index (χ0) is 32.5. The number of hydrogen-bond donors (Lipinski definition) is 6. The number of benzene rings is 1. The van der Waals surface area contributed by atoms with E-state index in [4.69, 9.17) is 0 Å². The maximum Gasteiger partial charge on any atom is 0.354 e. The molecule has 0 aliphatic heterocycles. The molecule has 0 saturated heterocycles. The first kappa shape index (κ1) is 35.0. The molecule has 0 bridgehead atoms. The van der Waals surface area contributed by atoms with Crippen molar-refractivity contribution >= 4 is 50.2 Å². The van der Waals surface area contributed by atoms with Crippen molar-refractivity contribution < 1.29 is 48.5 Å². The summed E-state index contributed by atoms with van der Waals surface area (Å²) >= 11 is 4.63. The molecule has 0 radical (unpaired) electrons. The lowest BCUT2D eigenvalue weighted by Crippen LogP contribution is -2.45. The van der Waals surface area contributed by atoms with E-state index in [0.29, 0.717) is 11.3 Å². The molecular formula is C26H29N5O10P2S. The van der Waals surface area contributed by atoms with Gasteiger partial charge in [-0.25, -0.2) is 19.6 Å². The summed E-state index contributed by atoms with van der Waals surface area (Å²) in [5, 5.41) is 21.0. The number of isothiocyanates is 1. The third-order valence-corrected chi connectivity index (χ3v) is 7.71. The normalized spacial score (nSPS) is 12.6. The van der Waals surface area contributed by atoms with Crippen molar-refractivity contribution in [3.05, 3.63) is 89.0 Å². The highest BCUT2D eigenvalue weighted by Gasteiger charge is 2.31. The van der Waals surface area contributed by atoms with Gasteiger partial charge in [0.1, 0.15) is 24.0 Å². The zero-order valence-corrected chi connectivity index (χ0v) is 25.6. The summed E-state index contributed by atoms with van der Waals surface area (Å²) in [7, 11) is -9.43. The molecule has 2 aromatic heterocycles. The first-order valence-corrected chi connectivity index (χ1v) is 16.7. The van der Waals surface area contributed by atoms with Crippen LogP contribution in [0.3, 0.4) is 0 Å². The number of carbonyl (C=O) groups is 2. The summed E-state index contributed by atoms with van der Waals surface area (Å²) in [6, 6.07) is 14.2. The zero-order valence-electron chi connectivity index (χ0n) is 22.9. The lowest BCUT2D eigenvalue weighted by Gasteiger charge is -2.35. The third-order valence-electron chi connectivity index (χ3n) is 6.12. The van der Waals surface area contributed by atoms with Crippen LogP contribution in [0.5, 0.6) is 0 Å². The molecule has 0 aliphatic rings. The Morgan fingerprint density at radius 1 is 0.818 bits per heavy atom. The monoisotopic (exact) mass is 665 g/mol. The van der Waals surface area contributed by atoms with Gasteiger partial charge in [-0.3, -0.25) is 18.9 Å². The van der Waals surface area contributed by atoms with Crippen molar-refractivity contribution in [3.8, 4) is 0 Å². The fourth-order valence-corrected chi connectivity index (χ4v) is 6.06. The quantitative estimate of drug-likeness (QED) is 0.0733. The molecule has 2 heterocycles. The van der Waals surface area contributed by atoms with Gasteiger partial charge >= 0.3 is 27.1 Å². The maximum absolute atomic E-state index is 12.3. The number of rotatable bonds is 16. The summed E-state index contributed by atoms with van der Waals surface area (Å²) in [5.41, 5.74) is 1.00. The molecular weight excluding hydrogens is 636 g/mol. The predicted molar refractivity (Wildman–Crippen MR) is 161 cm³/mol. The minimum atomic E-state index is -4.74. The minimum Gasteiger partial charge on any atom is -0.477 e. The SMILES string of the molecule is O=C(O)c1cccc(CN(C[C@H](Cc2ccc(N=C=S)cc2)N(Cc2cccc(C(=O)O)n2)CP(=O)(O)O)CP(=O)(O)O)n1. The number of carboxylic acids is 2. The number of aliphatic imine (C=N–C) groups is 1. The first-order valence-electron chi connectivity index (χ1n) is 12.7. The standard InChI is InChI=1S/C26H29N5O10P2S/c32-25(33)23-5-1-3-20(28-23)12-30(16-42(36,37)38)14-22(11-18-7-9-19(10-8-18)27-15-44)31(17-43(39,40)41)13-21-4-2-6-24(29-21)26(34)35/h1-10,22H,11-14,16-17H2,(H,32,33)(H,34,35)(H2,36,37,38)(H2,39,40,41)/t22-/m0/s1. The molecule has 0 spiro atoms. The molecule has 3 aromatic rings. The van der Waals surface area contributed by atoms with Gasteiger partial charge in [-0.15, -0.1) is 0 Å². The number of aromatic nitrogens is 2. The van der Waals surface area contributed by atoms with E-state index in [2.05, 4.69) is 32.3 Å². The summed E-state index contributed by atoms with van der Waals surface area (Å²) in [5.74, 6) is -2.59. The van der Waals surface area contributed by atoms with Gasteiger partial charge in [0.05, 0.1) is 22.2 Å². The molecule has 0 saturated carbocycles. The van der Waals surface area contributed by atoms with E-state index >= 15 is 0 Å². The van der Waals surface area contributed by atoms with E-state index in [-0.39, 0.29) is 48.8 Å². The van der Waals surface area contributed by atoms with Crippen molar-refractivity contribution in [2.75, 3.05) is 19.1 Å². The molecule has 0 unspecified atom stereocenters. The van der Waals surface area contributed by atoms with Crippen LogP contribution in [0.4, 0.5) is 5.69 Å². The number of pyridine rings is 2. The van der Waals surface area contributed by atoms with Gasteiger partial charge in [0, 0.05) is 25.7 Å². The molecule has 44 heavy (non-hydrogen) atoms. The van der Waals surface area contributed by atoms with E-state index < -0.39 is 45.7 Å². The number of carboxylic acid groups (broad SMARTS) is 2. The summed E-state index contributed by atoms with van der Waals surface area (Å²) in [4.78, 5) is 77.3. The Hall–Kier alpha value is -3.52. The van der Waals surface area contributed by atoms with Crippen LogP contribution in [0.2, 0.25) is 0 Å². The molecule has 18 heteroatoms. The Balaban J connectivity index is 2.06. The predicted octanol–water partition coefficient (Wildman–Crippen LogP) is 2.79. The van der Waals surface area contributed by atoms with Crippen LogP contribution >= 0.6 is 27.4 Å². The van der Waals surface area contributed by atoms with Crippen LogP contribution in [-0.4, -0.2) is 91.8 Å². The van der Waals surface area contributed by atoms with Crippen LogP contribution in [-0.2, 0) is 28.6 Å². The van der Waals surface area contributed by atoms with Gasteiger partial charge in [-0.2, -0.15) is 4.99 Å². The second-order valence-electron chi connectivity index (χ2n) is 9.74. The molecule has 0 fully saturated rings. The summed E-state index contributed by atoms with van der Waals surface area (Å²) < 4.78 is 24.4. The molecule has 1 atom stereocenters. The molecule has 6 N–H and O–H groups in total. The fraction of sp³-hybridized carbons (Fsp3) is 0.269. The molecule has 1 aromatic carbocycles. The van der Waals surface area contributed by atoms with E-state index in [1.54, 1.807) is 24.3 Å². The Kier molecular flexibility index (Phi) is 12.3. The van der Waals surface area contributed by atoms with E-state index in [1.807, 2.05) is 0 Å². The molecule has 0 aliphatic carbocycles. The van der Waals surface area contributed by atoms with E-state index in [0.717, 1.165) is 0 Å². The van der Waals surface area contributed by atoms with Gasteiger partial charge in [0.15, 0.2) is 0 Å². The van der Waals surface area contributed by atoms with Crippen LogP contribution in [0.1, 0.15) is 37.9 Å². The van der Waals surface area contributed by atoms with Crippen LogP contribution in [0.25, 0.3) is 0 Å². The number of hydrogen-bond acceptors (Lipinski definition) is 10. The molecule has 234 valence electrons. The largest absolute Gasteiger partial charge is 0.477 e. The van der Waals surface area contributed by atoms with Crippen molar-refractivity contribution in [2.45, 2.75) is 25.6 Å². The second-order valence-corrected chi connectivity index (χ2v) is 13.1. The summed E-state index contributed by atoms with van der Waals surface area (Å²) in [6.07, 6.45) is -1.46. The first-order chi connectivity index (χ1) is 20.6. The van der Waals surface area contributed by atoms with Gasteiger partial charge in [0.2, 0.25) is 0 Å². The van der Waals surface area contributed by atoms with Crippen LogP contribution < -0.4 is 0 Å². The maximum atomic E-state index is 12.3. The average Bonchev–Trinajstić information content (AvgIpc) is 2.92. The highest BCUT2D eigenvalue weighted by molar-refractivity contribution is 7.78. The molecule has 0 amide bonds. The fourth-order valence-electron chi connectivity index (χ4n) is 4.41. The lowest BCUT2D eigenvalue weighted by atomic mass is 10.0. The van der Waals surface area contributed by atoms with Crippen molar-refractivity contribution in [1.29, 1.82) is 0 Å². The Morgan fingerprint density at radius 3 is 1.82 bits per heavy atom. The Morgan fingerprint density at radius 2 is 1.34 bits per heavy atom. The highest BCUT2D eigenvalue weighted by Crippen LogP contribution is 2.38. The lowest BCUT2D eigenvalue weighted by molar-refractivity contribution is 0.0678. The third kappa shape index (κ3) is 11.9. The van der Waals surface area contributed by atoms with Crippen molar-refractivity contribution in [1.82, 2.24) is 19.8 Å². The Labute approximate surface area is 256 Å². The summed E-state index contributed by atoms with van der Waals surface area (Å²) in [6.45, 7) is -0.606. The van der Waals surface area contributed by atoms with Crippen LogP contribution in [0, 0.1) is 0 Å². The number of aromatic carboxylic acids is 2.